The molecule has 0 unspecified atom stereocenters. The Kier molecular flexibility index (Phi) is 3.29. The van der Waals surface area contributed by atoms with E-state index in [0.717, 1.165) is 12.2 Å². The van der Waals surface area contributed by atoms with E-state index in [2.05, 4.69) is 12.2 Å². The Labute approximate surface area is 152 Å². The number of imide groups is 1. The lowest BCUT2D eigenvalue weighted by Gasteiger charge is -2.17. The molecule has 4 atom stereocenters. The number of allylic oxidation sites excluding steroid dienone is 2. The number of carbonyl (C=O) groups excluding carboxylic acids is 2. The van der Waals surface area contributed by atoms with E-state index in [1.54, 1.807) is 24.3 Å². The molecule has 26 heavy (non-hydrogen) atoms. The fourth-order valence-electron chi connectivity index (χ4n) is 4.56. The Bertz CT molecular complexity index is 883. The number of amides is 2. The Hall–Kier alpha value is -2.88. The smallest absolute Gasteiger partial charge is 0.238 e. The van der Waals surface area contributed by atoms with Crippen LogP contribution in [0.4, 0.5) is 5.69 Å². The van der Waals surface area contributed by atoms with E-state index in [1.165, 1.54) is 10.5 Å². The van der Waals surface area contributed by atoms with E-state index in [1.807, 2.05) is 31.2 Å². The van der Waals surface area contributed by atoms with Crippen LogP contribution in [-0.2, 0) is 9.59 Å². The zero-order valence-electron chi connectivity index (χ0n) is 14.5. The van der Waals surface area contributed by atoms with Crippen LogP contribution in [0.15, 0.2) is 60.7 Å². The molecule has 1 aliphatic heterocycles. The molecule has 3 aliphatic rings. The zero-order chi connectivity index (χ0) is 17.8. The van der Waals surface area contributed by atoms with Gasteiger partial charge in [-0.05, 0) is 61.6 Å². The Morgan fingerprint density at radius 1 is 0.808 bits per heavy atom. The average molecular weight is 345 g/mol. The van der Waals surface area contributed by atoms with Crippen molar-refractivity contribution in [2.24, 2.45) is 23.7 Å². The number of rotatable bonds is 3. The number of nitrogens with zero attached hydrogens (tertiary/aromatic N) is 1. The summed E-state index contributed by atoms with van der Waals surface area (Å²) < 4.78 is 5.82. The maximum Gasteiger partial charge on any atom is 0.238 e. The average Bonchev–Trinajstić information content (AvgIpc) is 3.32. The van der Waals surface area contributed by atoms with Crippen LogP contribution in [0, 0.1) is 30.6 Å². The van der Waals surface area contributed by atoms with Crippen molar-refractivity contribution in [3.05, 3.63) is 66.2 Å². The first kappa shape index (κ1) is 15.4. The van der Waals surface area contributed by atoms with Crippen molar-refractivity contribution in [3.63, 3.8) is 0 Å². The van der Waals surface area contributed by atoms with Gasteiger partial charge in [-0.15, -0.1) is 0 Å². The van der Waals surface area contributed by atoms with E-state index in [9.17, 15) is 9.59 Å². The number of anilines is 1. The van der Waals surface area contributed by atoms with Crippen LogP contribution in [0.2, 0.25) is 0 Å². The second-order valence-corrected chi connectivity index (χ2v) is 7.42. The van der Waals surface area contributed by atoms with E-state index in [-0.39, 0.29) is 35.5 Å². The van der Waals surface area contributed by atoms with Gasteiger partial charge in [0.15, 0.2) is 0 Å². The van der Waals surface area contributed by atoms with Crippen LogP contribution in [0.25, 0.3) is 0 Å². The minimum Gasteiger partial charge on any atom is -0.457 e. The van der Waals surface area contributed by atoms with E-state index in [0.29, 0.717) is 11.4 Å². The van der Waals surface area contributed by atoms with Crippen molar-refractivity contribution in [2.45, 2.75) is 13.3 Å². The molecule has 1 saturated heterocycles. The van der Waals surface area contributed by atoms with Crippen LogP contribution in [0.3, 0.4) is 0 Å². The number of aryl methyl sites for hydroxylation is 1. The highest BCUT2D eigenvalue weighted by Crippen LogP contribution is 2.53. The number of carbonyl (C=O) groups is 2. The molecular weight excluding hydrogens is 326 g/mol. The minimum absolute atomic E-state index is 0.0518. The molecular formula is C22H19NO3. The maximum atomic E-state index is 12.8. The molecule has 2 aromatic carbocycles. The van der Waals surface area contributed by atoms with Crippen molar-refractivity contribution < 1.29 is 14.3 Å². The molecule has 0 aromatic heterocycles. The molecule has 1 heterocycles. The van der Waals surface area contributed by atoms with Crippen LogP contribution in [0.5, 0.6) is 11.5 Å². The number of benzene rings is 2. The highest BCUT2D eigenvalue weighted by atomic mass is 16.5. The van der Waals surface area contributed by atoms with Crippen molar-refractivity contribution in [1.82, 2.24) is 0 Å². The number of hydrogen-bond acceptors (Lipinski definition) is 3. The van der Waals surface area contributed by atoms with Gasteiger partial charge in [0.2, 0.25) is 11.8 Å². The number of fused-ring (bicyclic) bond motifs is 5. The molecule has 0 N–H and O–H groups in total. The van der Waals surface area contributed by atoms with Crippen molar-refractivity contribution in [2.75, 3.05) is 4.90 Å². The summed E-state index contributed by atoms with van der Waals surface area (Å²) in [4.78, 5) is 27.0. The molecule has 2 amide bonds. The molecule has 4 nitrogen and oxygen atoms in total. The normalized spacial score (nSPS) is 28.7. The second-order valence-electron chi connectivity index (χ2n) is 7.42. The molecule has 2 aromatic rings. The van der Waals surface area contributed by atoms with Gasteiger partial charge in [-0.3, -0.25) is 14.5 Å². The van der Waals surface area contributed by atoms with Gasteiger partial charge in [-0.25, -0.2) is 0 Å². The minimum atomic E-state index is -0.166. The SMILES string of the molecule is Cc1ccc(Oc2ccc(N3C(=O)[C@H]4[C@H](C3=O)[C@H]3C=C[C@H]4C3)cc2)cc1. The first-order chi connectivity index (χ1) is 12.6. The predicted molar refractivity (Wildman–Crippen MR) is 97.9 cm³/mol. The van der Waals surface area contributed by atoms with Gasteiger partial charge in [-0.1, -0.05) is 29.8 Å². The summed E-state index contributed by atoms with van der Waals surface area (Å²) in [6.45, 7) is 2.03. The van der Waals surface area contributed by atoms with E-state index >= 15 is 0 Å². The molecule has 1 saturated carbocycles. The van der Waals surface area contributed by atoms with Gasteiger partial charge in [-0.2, -0.15) is 0 Å². The number of ether oxygens (including phenoxy) is 1. The predicted octanol–water partition coefficient (Wildman–Crippen LogP) is 4.10. The third-order valence-electron chi connectivity index (χ3n) is 5.82. The zero-order valence-corrected chi connectivity index (χ0v) is 14.5. The van der Waals surface area contributed by atoms with Gasteiger partial charge in [0.05, 0.1) is 17.5 Å². The molecule has 4 heteroatoms. The molecule has 130 valence electrons. The van der Waals surface area contributed by atoms with Crippen molar-refractivity contribution in [3.8, 4) is 11.5 Å². The van der Waals surface area contributed by atoms with E-state index in [4.69, 9.17) is 4.74 Å². The lowest BCUT2D eigenvalue weighted by molar-refractivity contribution is -0.123. The quantitative estimate of drug-likeness (QED) is 0.621. The maximum absolute atomic E-state index is 12.8. The van der Waals surface area contributed by atoms with Gasteiger partial charge in [0.1, 0.15) is 11.5 Å². The topological polar surface area (TPSA) is 46.6 Å². The molecule has 2 aliphatic carbocycles. The third kappa shape index (κ3) is 2.22. The highest BCUT2D eigenvalue weighted by molar-refractivity contribution is 6.22. The summed E-state index contributed by atoms with van der Waals surface area (Å²) in [5.74, 6) is 1.47. The van der Waals surface area contributed by atoms with Gasteiger partial charge in [0.25, 0.3) is 0 Å². The molecule has 2 fully saturated rings. The van der Waals surface area contributed by atoms with Crippen molar-refractivity contribution in [1.29, 1.82) is 0 Å². The van der Waals surface area contributed by atoms with Crippen molar-refractivity contribution >= 4 is 17.5 Å². The summed E-state index contributed by atoms with van der Waals surface area (Å²) in [6.07, 6.45) is 5.17. The summed E-state index contributed by atoms with van der Waals surface area (Å²) in [6, 6.07) is 15.0. The summed E-state index contributed by atoms with van der Waals surface area (Å²) in [5.41, 5.74) is 1.80. The van der Waals surface area contributed by atoms with E-state index < -0.39 is 0 Å². The van der Waals surface area contributed by atoms with Gasteiger partial charge in [0, 0.05) is 0 Å². The fraction of sp³-hybridized carbons (Fsp3) is 0.273. The first-order valence-electron chi connectivity index (χ1n) is 9.02. The number of hydrogen-bond donors (Lipinski definition) is 0. The van der Waals surface area contributed by atoms with Crippen LogP contribution in [-0.4, -0.2) is 11.8 Å². The summed E-state index contributed by atoms with van der Waals surface area (Å²) >= 11 is 0. The largest absolute Gasteiger partial charge is 0.457 e. The first-order valence-corrected chi connectivity index (χ1v) is 9.02. The second kappa shape index (κ2) is 5.56. The molecule has 0 radical (unpaired) electrons. The Morgan fingerprint density at radius 2 is 1.31 bits per heavy atom. The Morgan fingerprint density at radius 3 is 1.85 bits per heavy atom. The summed E-state index contributed by atoms with van der Waals surface area (Å²) in [7, 11) is 0. The lowest BCUT2D eigenvalue weighted by atomic mass is 9.85. The van der Waals surface area contributed by atoms with Crippen LogP contribution < -0.4 is 9.64 Å². The van der Waals surface area contributed by atoms with Crippen LogP contribution >= 0.6 is 0 Å². The lowest BCUT2D eigenvalue weighted by Crippen LogP contribution is -2.32. The molecule has 0 spiro atoms. The Balaban J connectivity index is 1.37. The molecule has 5 rings (SSSR count). The van der Waals surface area contributed by atoms with Gasteiger partial charge < -0.3 is 4.74 Å². The monoisotopic (exact) mass is 345 g/mol. The molecule has 2 bridgehead atoms. The standard InChI is InChI=1S/C22H19NO3/c1-13-2-8-17(9-3-13)26-18-10-6-16(7-11-18)23-21(24)19-14-4-5-15(12-14)20(19)22(23)25/h2-11,14-15,19-20H,12H2,1H3/t14-,15-,19+,20+/m0/s1. The summed E-state index contributed by atoms with van der Waals surface area (Å²) in [5, 5.41) is 0. The van der Waals surface area contributed by atoms with Gasteiger partial charge >= 0.3 is 0 Å². The highest BCUT2D eigenvalue weighted by Gasteiger charge is 2.59. The third-order valence-corrected chi connectivity index (χ3v) is 5.82. The fourth-order valence-corrected chi connectivity index (χ4v) is 4.56. The van der Waals surface area contributed by atoms with Crippen LogP contribution in [0.1, 0.15) is 12.0 Å².